The van der Waals surface area contributed by atoms with Crippen LogP contribution in [0.5, 0.6) is 5.75 Å². The number of amidine groups is 1. The predicted molar refractivity (Wildman–Crippen MR) is 81.0 cm³/mol. The third kappa shape index (κ3) is 3.16. The Labute approximate surface area is 118 Å². The molecule has 4 nitrogen and oxygen atoms in total. The maximum Gasteiger partial charge on any atom is 0.152 e. The lowest BCUT2D eigenvalue weighted by atomic mass is 10.1. The Morgan fingerprint density at radius 2 is 2.06 bits per heavy atom. The van der Waals surface area contributed by atoms with Crippen molar-refractivity contribution in [2.75, 3.05) is 18.8 Å². The monoisotopic (exact) mass is 313 g/mol. The second kappa shape index (κ2) is 6.09. The van der Waals surface area contributed by atoms with Crippen LogP contribution in [-0.4, -0.2) is 25.0 Å². The zero-order chi connectivity index (χ0) is 12.4. The number of anilines is 1. The Morgan fingerprint density at radius 3 is 2.67 bits per heavy atom. The van der Waals surface area contributed by atoms with Gasteiger partial charge in [0.15, 0.2) is 6.10 Å². The summed E-state index contributed by atoms with van der Waals surface area (Å²) in [6, 6.07) is 3.93. The van der Waals surface area contributed by atoms with E-state index < -0.39 is 0 Å². The summed E-state index contributed by atoms with van der Waals surface area (Å²) >= 11 is 0. The molecular formula is C13H20BrN3O. The summed E-state index contributed by atoms with van der Waals surface area (Å²) in [5.41, 5.74) is 8.84. The van der Waals surface area contributed by atoms with Gasteiger partial charge in [-0.15, -0.1) is 17.0 Å². The van der Waals surface area contributed by atoms with E-state index in [4.69, 9.17) is 10.5 Å². The van der Waals surface area contributed by atoms with Crippen LogP contribution in [0.1, 0.15) is 18.1 Å². The molecule has 0 saturated heterocycles. The van der Waals surface area contributed by atoms with Crippen LogP contribution in [0.2, 0.25) is 0 Å². The number of nitrogen functional groups attached to an aromatic ring is 1. The summed E-state index contributed by atoms with van der Waals surface area (Å²) in [5, 5.41) is 3.22. The van der Waals surface area contributed by atoms with Gasteiger partial charge in [-0.05, 0) is 31.9 Å². The van der Waals surface area contributed by atoms with Gasteiger partial charge in [0.05, 0.1) is 6.54 Å². The first-order valence-electron chi connectivity index (χ1n) is 5.89. The Bertz CT molecular complexity index is 460. The van der Waals surface area contributed by atoms with Crippen LogP contribution in [0.3, 0.4) is 0 Å². The summed E-state index contributed by atoms with van der Waals surface area (Å²) < 4.78 is 5.89. The lowest BCUT2D eigenvalue weighted by Crippen LogP contribution is -2.33. The molecule has 100 valence electrons. The summed E-state index contributed by atoms with van der Waals surface area (Å²) in [7, 11) is 0. The van der Waals surface area contributed by atoms with E-state index in [2.05, 4.69) is 10.3 Å². The summed E-state index contributed by atoms with van der Waals surface area (Å²) in [5.74, 6) is 1.75. The van der Waals surface area contributed by atoms with Crippen LogP contribution < -0.4 is 15.8 Å². The molecule has 1 unspecified atom stereocenters. The summed E-state index contributed by atoms with van der Waals surface area (Å²) in [6.07, 6.45) is -0.0571. The number of aliphatic imine (C=N–C) groups is 1. The van der Waals surface area contributed by atoms with E-state index in [0.717, 1.165) is 41.5 Å². The molecule has 0 aromatic heterocycles. The van der Waals surface area contributed by atoms with E-state index in [1.54, 1.807) is 0 Å². The van der Waals surface area contributed by atoms with Crippen molar-refractivity contribution in [2.24, 2.45) is 4.99 Å². The fourth-order valence-corrected chi connectivity index (χ4v) is 1.91. The van der Waals surface area contributed by atoms with Crippen molar-refractivity contribution in [1.29, 1.82) is 0 Å². The molecule has 0 aliphatic carbocycles. The molecule has 1 aliphatic rings. The average molecular weight is 314 g/mol. The Morgan fingerprint density at radius 1 is 1.33 bits per heavy atom. The second-order valence-corrected chi connectivity index (χ2v) is 4.43. The highest BCUT2D eigenvalue weighted by Crippen LogP contribution is 2.25. The van der Waals surface area contributed by atoms with E-state index in [1.165, 1.54) is 0 Å². The van der Waals surface area contributed by atoms with E-state index in [-0.39, 0.29) is 23.1 Å². The van der Waals surface area contributed by atoms with Crippen LogP contribution in [0, 0.1) is 13.8 Å². The topological polar surface area (TPSA) is 59.6 Å². The number of hydrogen-bond acceptors (Lipinski definition) is 4. The van der Waals surface area contributed by atoms with Gasteiger partial charge in [-0.1, -0.05) is 6.07 Å². The van der Waals surface area contributed by atoms with Gasteiger partial charge in [0.25, 0.3) is 0 Å². The molecule has 0 saturated carbocycles. The Kier molecular flexibility index (Phi) is 5.02. The van der Waals surface area contributed by atoms with Gasteiger partial charge in [0, 0.05) is 18.3 Å². The van der Waals surface area contributed by atoms with Crippen LogP contribution in [-0.2, 0) is 0 Å². The Balaban J connectivity index is 0.00000162. The first-order chi connectivity index (χ1) is 8.08. The summed E-state index contributed by atoms with van der Waals surface area (Å²) in [4.78, 5) is 4.35. The van der Waals surface area contributed by atoms with Crippen LogP contribution in [0.15, 0.2) is 17.1 Å². The van der Waals surface area contributed by atoms with Crippen molar-refractivity contribution >= 4 is 28.5 Å². The zero-order valence-corrected chi connectivity index (χ0v) is 12.7. The molecule has 0 fully saturated rings. The summed E-state index contributed by atoms with van der Waals surface area (Å²) in [6.45, 7) is 7.75. The molecule has 0 bridgehead atoms. The molecule has 5 heteroatoms. The van der Waals surface area contributed by atoms with Gasteiger partial charge < -0.3 is 15.8 Å². The van der Waals surface area contributed by atoms with Gasteiger partial charge in [-0.3, -0.25) is 4.99 Å². The molecule has 0 spiro atoms. The second-order valence-electron chi connectivity index (χ2n) is 4.43. The number of halogens is 1. The number of hydrogen-bond donors (Lipinski definition) is 2. The molecular weight excluding hydrogens is 294 g/mol. The van der Waals surface area contributed by atoms with Gasteiger partial charge in [-0.2, -0.15) is 0 Å². The highest BCUT2D eigenvalue weighted by Gasteiger charge is 2.16. The fourth-order valence-electron chi connectivity index (χ4n) is 1.91. The van der Waals surface area contributed by atoms with E-state index in [0.29, 0.717) is 0 Å². The molecule has 1 atom stereocenters. The van der Waals surface area contributed by atoms with Crippen molar-refractivity contribution in [1.82, 2.24) is 5.32 Å². The highest BCUT2D eigenvalue weighted by molar-refractivity contribution is 8.93. The standard InChI is InChI=1S/C13H19N3O.BrH/c1-8-6-9(2)12(7-11(8)14)17-10(3)13-15-4-5-16-13;/h6-7,10H,4-5,14H2,1-3H3,(H,15,16);1H. The predicted octanol–water partition coefficient (Wildman–Crippen LogP) is 2.23. The van der Waals surface area contributed by atoms with Crippen molar-refractivity contribution < 1.29 is 4.74 Å². The van der Waals surface area contributed by atoms with Gasteiger partial charge in [0.2, 0.25) is 0 Å². The van der Waals surface area contributed by atoms with Crippen molar-refractivity contribution in [3.63, 3.8) is 0 Å². The molecule has 1 aromatic carbocycles. The normalized spacial score (nSPS) is 15.4. The maximum absolute atomic E-state index is 5.89. The number of aryl methyl sites for hydroxylation is 2. The highest BCUT2D eigenvalue weighted by atomic mass is 79.9. The number of nitrogens with zero attached hydrogens (tertiary/aromatic N) is 1. The van der Waals surface area contributed by atoms with E-state index in [1.807, 2.05) is 32.9 Å². The lowest BCUT2D eigenvalue weighted by molar-refractivity contribution is 0.282. The molecule has 2 rings (SSSR count). The number of nitrogens with two attached hydrogens (primary N) is 1. The van der Waals surface area contributed by atoms with E-state index in [9.17, 15) is 0 Å². The van der Waals surface area contributed by atoms with Crippen molar-refractivity contribution in [3.05, 3.63) is 23.3 Å². The number of ether oxygens (including phenoxy) is 1. The van der Waals surface area contributed by atoms with Crippen molar-refractivity contribution in [3.8, 4) is 5.75 Å². The minimum atomic E-state index is -0.0571. The quantitative estimate of drug-likeness (QED) is 0.841. The first-order valence-corrected chi connectivity index (χ1v) is 5.89. The molecule has 1 heterocycles. The van der Waals surface area contributed by atoms with Crippen LogP contribution in [0.4, 0.5) is 5.69 Å². The maximum atomic E-state index is 5.89. The van der Waals surface area contributed by atoms with Crippen molar-refractivity contribution in [2.45, 2.75) is 26.9 Å². The molecule has 1 aliphatic heterocycles. The number of rotatable bonds is 3. The van der Waals surface area contributed by atoms with Gasteiger partial charge in [0.1, 0.15) is 11.6 Å². The van der Waals surface area contributed by atoms with Crippen LogP contribution >= 0.6 is 17.0 Å². The van der Waals surface area contributed by atoms with Gasteiger partial charge in [-0.25, -0.2) is 0 Å². The molecule has 0 radical (unpaired) electrons. The zero-order valence-electron chi connectivity index (χ0n) is 11.0. The Hall–Kier alpha value is -1.23. The molecule has 1 aromatic rings. The number of nitrogens with one attached hydrogen (secondary N) is 1. The molecule has 3 N–H and O–H groups in total. The third-order valence-electron chi connectivity index (χ3n) is 2.95. The van der Waals surface area contributed by atoms with E-state index >= 15 is 0 Å². The fraction of sp³-hybridized carbons (Fsp3) is 0.462. The van der Waals surface area contributed by atoms with Gasteiger partial charge >= 0.3 is 0 Å². The third-order valence-corrected chi connectivity index (χ3v) is 2.95. The average Bonchev–Trinajstić information content (AvgIpc) is 2.79. The first kappa shape index (κ1) is 14.8. The smallest absolute Gasteiger partial charge is 0.152 e. The molecule has 18 heavy (non-hydrogen) atoms. The lowest BCUT2D eigenvalue weighted by Gasteiger charge is -2.17. The number of benzene rings is 1. The minimum absolute atomic E-state index is 0. The van der Waals surface area contributed by atoms with Crippen LogP contribution in [0.25, 0.3) is 0 Å². The minimum Gasteiger partial charge on any atom is -0.482 e. The SMILES string of the molecule is Br.Cc1cc(C)c(OC(C)C2=NCCN2)cc1N. The molecule has 0 amide bonds. The largest absolute Gasteiger partial charge is 0.482 e.